The first-order chi connectivity index (χ1) is 8.64. The van der Waals surface area contributed by atoms with Crippen LogP contribution < -0.4 is 10.1 Å². The number of hydrogen-bond donors (Lipinski definition) is 1. The van der Waals surface area contributed by atoms with Gasteiger partial charge in [0.25, 0.3) is 0 Å². The van der Waals surface area contributed by atoms with Gasteiger partial charge in [-0.1, -0.05) is 18.2 Å². The average molecular weight is 260 g/mol. The van der Waals surface area contributed by atoms with Crippen molar-refractivity contribution in [3.05, 3.63) is 41.4 Å². The second kappa shape index (κ2) is 4.28. The van der Waals surface area contributed by atoms with Crippen LogP contribution in [0.3, 0.4) is 0 Å². The Bertz CT molecular complexity index is 536. The second-order valence-electron chi connectivity index (χ2n) is 5.14. The predicted molar refractivity (Wildman–Crippen MR) is 74.2 cm³/mol. The monoisotopic (exact) mass is 260 g/mol. The van der Waals surface area contributed by atoms with Gasteiger partial charge in [-0.3, -0.25) is 0 Å². The van der Waals surface area contributed by atoms with Crippen LogP contribution in [-0.4, -0.2) is 10.6 Å². The SMILES string of the molecule is CC1(C)CC(Nc2nccs2)c2ccccc2O1. The fourth-order valence-electron chi connectivity index (χ4n) is 2.37. The van der Waals surface area contributed by atoms with Crippen LogP contribution in [0.2, 0.25) is 0 Å². The molecule has 2 heterocycles. The fraction of sp³-hybridized carbons (Fsp3) is 0.357. The van der Waals surface area contributed by atoms with Crippen LogP contribution in [0.15, 0.2) is 35.8 Å². The fourth-order valence-corrected chi connectivity index (χ4v) is 2.96. The number of hydrogen-bond acceptors (Lipinski definition) is 4. The molecule has 1 aromatic carbocycles. The Labute approximate surface area is 111 Å². The molecular formula is C14H16N2OS. The van der Waals surface area contributed by atoms with Gasteiger partial charge in [-0.15, -0.1) is 11.3 Å². The number of rotatable bonds is 2. The van der Waals surface area contributed by atoms with Gasteiger partial charge >= 0.3 is 0 Å². The lowest BCUT2D eigenvalue weighted by Crippen LogP contribution is -2.37. The summed E-state index contributed by atoms with van der Waals surface area (Å²) in [5.41, 5.74) is 1.07. The largest absolute Gasteiger partial charge is 0.487 e. The van der Waals surface area contributed by atoms with E-state index in [1.54, 1.807) is 11.3 Å². The van der Waals surface area contributed by atoms with Crippen LogP contribution in [0, 0.1) is 0 Å². The first-order valence-corrected chi connectivity index (χ1v) is 6.96. The molecule has 3 rings (SSSR count). The van der Waals surface area contributed by atoms with Crippen molar-refractivity contribution >= 4 is 16.5 Å². The highest BCUT2D eigenvalue weighted by atomic mass is 32.1. The summed E-state index contributed by atoms with van der Waals surface area (Å²) < 4.78 is 6.01. The second-order valence-corrected chi connectivity index (χ2v) is 6.03. The van der Waals surface area contributed by atoms with Gasteiger partial charge in [0.15, 0.2) is 5.13 Å². The van der Waals surface area contributed by atoms with Gasteiger partial charge in [0, 0.05) is 23.6 Å². The van der Waals surface area contributed by atoms with Gasteiger partial charge in [-0.25, -0.2) is 4.98 Å². The number of nitrogens with one attached hydrogen (secondary N) is 1. The first kappa shape index (κ1) is 11.5. The molecule has 0 radical (unpaired) electrons. The smallest absolute Gasteiger partial charge is 0.183 e. The lowest BCUT2D eigenvalue weighted by Gasteiger charge is -2.37. The van der Waals surface area contributed by atoms with Crippen LogP contribution in [0.5, 0.6) is 5.75 Å². The van der Waals surface area contributed by atoms with Gasteiger partial charge < -0.3 is 10.1 Å². The van der Waals surface area contributed by atoms with Crippen LogP contribution >= 0.6 is 11.3 Å². The third kappa shape index (κ3) is 2.20. The molecule has 0 fully saturated rings. The Balaban J connectivity index is 1.94. The van der Waals surface area contributed by atoms with Crippen molar-refractivity contribution < 1.29 is 4.74 Å². The summed E-state index contributed by atoms with van der Waals surface area (Å²) in [6, 6.07) is 8.48. The summed E-state index contributed by atoms with van der Waals surface area (Å²) in [5, 5.41) is 6.45. The molecule has 3 nitrogen and oxygen atoms in total. The van der Waals surface area contributed by atoms with Crippen LogP contribution in [0.4, 0.5) is 5.13 Å². The first-order valence-electron chi connectivity index (χ1n) is 6.08. The number of ether oxygens (including phenoxy) is 1. The van der Waals surface area contributed by atoms with Crippen LogP contribution in [-0.2, 0) is 0 Å². The molecule has 1 aliphatic heterocycles. The van der Waals surface area contributed by atoms with Gasteiger partial charge in [0.05, 0.1) is 6.04 Å². The molecule has 94 valence electrons. The molecule has 0 aliphatic carbocycles. The Hall–Kier alpha value is -1.55. The van der Waals surface area contributed by atoms with Crippen molar-refractivity contribution in [2.45, 2.75) is 31.9 Å². The van der Waals surface area contributed by atoms with Gasteiger partial charge in [0.1, 0.15) is 11.4 Å². The molecule has 0 saturated heterocycles. The quantitative estimate of drug-likeness (QED) is 0.890. The highest BCUT2D eigenvalue weighted by Crippen LogP contribution is 2.40. The Morgan fingerprint density at radius 2 is 2.22 bits per heavy atom. The van der Waals surface area contributed by atoms with E-state index in [4.69, 9.17) is 4.74 Å². The van der Waals surface area contributed by atoms with Crippen molar-refractivity contribution in [3.63, 3.8) is 0 Å². The Morgan fingerprint density at radius 3 is 3.00 bits per heavy atom. The highest BCUT2D eigenvalue weighted by Gasteiger charge is 2.33. The standard InChI is InChI=1S/C14H16N2OS/c1-14(2)9-11(16-13-15-7-8-18-13)10-5-3-4-6-12(10)17-14/h3-8,11H,9H2,1-2H3,(H,15,16). The molecule has 2 aromatic rings. The molecule has 1 atom stereocenters. The highest BCUT2D eigenvalue weighted by molar-refractivity contribution is 7.13. The van der Waals surface area contributed by atoms with Crippen LogP contribution in [0.25, 0.3) is 0 Å². The van der Waals surface area contributed by atoms with Gasteiger partial charge in [-0.05, 0) is 19.9 Å². The zero-order chi connectivity index (χ0) is 12.6. The van der Waals surface area contributed by atoms with Crippen molar-refractivity contribution in [3.8, 4) is 5.75 Å². The van der Waals surface area contributed by atoms with E-state index in [1.807, 2.05) is 23.7 Å². The molecule has 18 heavy (non-hydrogen) atoms. The summed E-state index contributed by atoms with van der Waals surface area (Å²) in [7, 11) is 0. The Morgan fingerprint density at radius 1 is 1.39 bits per heavy atom. The molecule has 0 spiro atoms. The summed E-state index contributed by atoms with van der Waals surface area (Å²) >= 11 is 1.63. The maximum Gasteiger partial charge on any atom is 0.183 e. The van der Waals surface area contributed by atoms with E-state index in [0.29, 0.717) is 0 Å². The molecule has 1 unspecified atom stereocenters. The minimum atomic E-state index is -0.150. The van der Waals surface area contributed by atoms with Crippen molar-refractivity contribution in [1.29, 1.82) is 0 Å². The van der Waals surface area contributed by atoms with E-state index in [-0.39, 0.29) is 11.6 Å². The Kier molecular flexibility index (Phi) is 2.74. The maximum absolute atomic E-state index is 6.01. The zero-order valence-corrected chi connectivity index (χ0v) is 11.3. The number of anilines is 1. The van der Waals surface area contributed by atoms with Gasteiger partial charge in [0.2, 0.25) is 0 Å². The van der Waals surface area contributed by atoms with E-state index in [9.17, 15) is 0 Å². The molecule has 0 amide bonds. The number of aromatic nitrogens is 1. The minimum Gasteiger partial charge on any atom is -0.487 e. The summed E-state index contributed by atoms with van der Waals surface area (Å²) in [4.78, 5) is 4.30. The number of nitrogens with zero attached hydrogens (tertiary/aromatic N) is 1. The molecule has 0 saturated carbocycles. The van der Waals surface area contributed by atoms with Gasteiger partial charge in [-0.2, -0.15) is 0 Å². The predicted octanol–water partition coefficient (Wildman–Crippen LogP) is 3.86. The normalized spacial score (nSPS) is 20.9. The molecular weight excluding hydrogens is 244 g/mol. The van der Waals surface area contributed by atoms with E-state index in [1.165, 1.54) is 5.56 Å². The van der Waals surface area contributed by atoms with Crippen LogP contribution in [0.1, 0.15) is 31.9 Å². The summed E-state index contributed by atoms with van der Waals surface area (Å²) in [5.74, 6) is 0.975. The third-order valence-corrected chi connectivity index (χ3v) is 3.81. The lowest BCUT2D eigenvalue weighted by atomic mass is 9.90. The van der Waals surface area contributed by atoms with E-state index < -0.39 is 0 Å². The van der Waals surface area contributed by atoms with Crippen molar-refractivity contribution in [1.82, 2.24) is 4.98 Å². The van der Waals surface area contributed by atoms with E-state index in [0.717, 1.165) is 17.3 Å². The molecule has 0 bridgehead atoms. The molecule has 1 aromatic heterocycles. The maximum atomic E-state index is 6.01. The zero-order valence-electron chi connectivity index (χ0n) is 10.5. The van der Waals surface area contributed by atoms with Crippen molar-refractivity contribution in [2.75, 3.05) is 5.32 Å². The van der Waals surface area contributed by atoms with E-state index in [2.05, 4.69) is 36.3 Å². The third-order valence-electron chi connectivity index (χ3n) is 3.11. The minimum absolute atomic E-state index is 0.150. The molecule has 1 aliphatic rings. The number of thiazole rings is 1. The van der Waals surface area contributed by atoms with E-state index >= 15 is 0 Å². The number of benzene rings is 1. The summed E-state index contributed by atoms with van der Waals surface area (Å²) in [6.45, 7) is 4.25. The lowest BCUT2D eigenvalue weighted by molar-refractivity contribution is 0.0759. The molecule has 1 N–H and O–H groups in total. The number of fused-ring (bicyclic) bond motifs is 1. The van der Waals surface area contributed by atoms with Crippen molar-refractivity contribution in [2.24, 2.45) is 0 Å². The number of para-hydroxylation sites is 1. The molecule has 4 heteroatoms. The topological polar surface area (TPSA) is 34.2 Å². The summed E-state index contributed by atoms with van der Waals surface area (Å²) in [6.07, 6.45) is 2.76. The average Bonchev–Trinajstić information content (AvgIpc) is 2.80.